The number of aryl methyl sites for hydroxylation is 2. The van der Waals surface area contributed by atoms with Gasteiger partial charge in [0.2, 0.25) is 0 Å². The average Bonchev–Trinajstić information content (AvgIpc) is 3.93. The van der Waals surface area contributed by atoms with E-state index in [-0.39, 0.29) is 28.7 Å². The molecule has 2 saturated heterocycles. The van der Waals surface area contributed by atoms with Crippen LogP contribution >= 0.6 is 27.9 Å². The minimum atomic E-state index is -1.92. The van der Waals surface area contributed by atoms with Gasteiger partial charge in [-0.15, -0.1) is 0 Å². The van der Waals surface area contributed by atoms with Crippen molar-refractivity contribution in [1.82, 2.24) is 39.2 Å². The fraction of sp³-hybridized carbons (Fsp3) is 0.500. The van der Waals surface area contributed by atoms with Gasteiger partial charge in [0, 0.05) is 83.4 Å². The summed E-state index contributed by atoms with van der Waals surface area (Å²) < 4.78 is 40.8. The summed E-state index contributed by atoms with van der Waals surface area (Å²) >= 11 is -1.92. The van der Waals surface area contributed by atoms with Crippen LogP contribution in [0.25, 0.3) is 21.9 Å². The first-order chi connectivity index (χ1) is 32.3. The average molecular weight is 1020 g/mol. The van der Waals surface area contributed by atoms with E-state index in [0.29, 0.717) is 78.9 Å². The molecule has 0 bridgehead atoms. The van der Waals surface area contributed by atoms with E-state index in [0.717, 1.165) is 117 Å². The number of aliphatic hydroxyl groups is 1. The van der Waals surface area contributed by atoms with Crippen LogP contribution in [0.1, 0.15) is 115 Å². The van der Waals surface area contributed by atoms with Gasteiger partial charge in [0.15, 0.2) is 17.0 Å². The second-order valence-electron chi connectivity index (χ2n) is 17.6. The zero-order valence-electron chi connectivity index (χ0n) is 37.4. The second kappa shape index (κ2) is 22.1. The molecule has 2 fully saturated rings. The second-order valence-corrected chi connectivity index (χ2v) is 25.4. The molecule has 21 heteroatoms. The van der Waals surface area contributed by atoms with E-state index >= 15 is 0 Å². The van der Waals surface area contributed by atoms with Crippen LogP contribution in [0.5, 0.6) is 0 Å². The van der Waals surface area contributed by atoms with Gasteiger partial charge in [0.25, 0.3) is 11.1 Å². The van der Waals surface area contributed by atoms with Crippen molar-refractivity contribution in [3.8, 4) is 0 Å². The van der Waals surface area contributed by atoms with Crippen molar-refractivity contribution >= 4 is 55.6 Å². The van der Waals surface area contributed by atoms with Crippen LogP contribution in [0.15, 0.2) is 60.2 Å². The molecular formula is C46H53Cl3F2N9O6Ti. The Labute approximate surface area is 403 Å². The first-order valence-electron chi connectivity index (χ1n) is 22.8. The van der Waals surface area contributed by atoms with Gasteiger partial charge in [-0.05, 0) is 129 Å². The van der Waals surface area contributed by atoms with E-state index in [4.69, 9.17) is 37.0 Å². The van der Waals surface area contributed by atoms with Gasteiger partial charge < -0.3 is 29.2 Å². The van der Waals surface area contributed by atoms with Crippen LogP contribution in [-0.2, 0) is 40.6 Å². The van der Waals surface area contributed by atoms with Crippen LogP contribution in [0.3, 0.4) is 0 Å². The molecule has 0 aliphatic carbocycles. The number of nitrogens with zero attached hydrogens (tertiary/aromatic N) is 9. The summed E-state index contributed by atoms with van der Waals surface area (Å²) in [5.41, 5.74) is 6.20. The molecule has 0 saturated carbocycles. The molecule has 8 heterocycles. The fourth-order valence-electron chi connectivity index (χ4n) is 9.93. The standard InChI is InChI=1S/C23H26FN5O3.C23H27FN4O3.3ClH.Ti/c1-14-17(23(30)29-9-2-3-19(26-31)22(29)25-14)8-12-28-10-6-15(7-11-28)21-18-5-4-16(24)13-20(18)32-27-21;1-14-17(23(30)28-9-2-3-19(29)22(28)25-14)8-12-27-10-6-15(7-11-27)21-18-5-4-16(24)13-20(18)31-26-21;;;;/h4-5,13,15,31H,2-3,6-12H2,1H3;4-5,13,15,19,29H,2-3,6-12H2,1H3;3*1H;/q;;;;;+3/p-3/b26-19-;;;;;. The summed E-state index contributed by atoms with van der Waals surface area (Å²) in [5, 5.41) is 32.9. The monoisotopic (exact) mass is 1020 g/mol. The van der Waals surface area contributed by atoms with Gasteiger partial charge >= 0.3 is 42.6 Å². The number of fused-ring (bicyclic) bond motifs is 4. The zero-order valence-corrected chi connectivity index (χ0v) is 41.2. The van der Waals surface area contributed by atoms with Crippen LogP contribution in [-0.4, -0.2) is 94.5 Å². The molecule has 4 aliphatic heterocycles. The quantitative estimate of drug-likeness (QED) is 0.0846. The molecule has 67 heavy (non-hydrogen) atoms. The molecular weight excluding hydrogens is 967 g/mol. The van der Waals surface area contributed by atoms with Crippen molar-refractivity contribution in [2.24, 2.45) is 5.16 Å². The topological polar surface area (TPSA) is 181 Å². The van der Waals surface area contributed by atoms with Gasteiger partial charge in [-0.1, -0.05) is 15.5 Å². The molecule has 10 rings (SSSR count). The third-order valence-electron chi connectivity index (χ3n) is 13.5. The van der Waals surface area contributed by atoms with E-state index in [1.165, 1.54) is 24.3 Å². The van der Waals surface area contributed by atoms with Crippen LogP contribution in [0, 0.1) is 25.5 Å². The summed E-state index contributed by atoms with van der Waals surface area (Å²) in [6, 6.07) is 9.15. The molecule has 2 aromatic carbocycles. The Kier molecular flexibility index (Phi) is 16.3. The summed E-state index contributed by atoms with van der Waals surface area (Å²) in [4.78, 5) is 39.9. The summed E-state index contributed by atoms with van der Waals surface area (Å²) in [7, 11) is 14.9. The van der Waals surface area contributed by atoms with Crippen molar-refractivity contribution < 1.29 is 42.8 Å². The van der Waals surface area contributed by atoms with Crippen molar-refractivity contribution in [3.63, 3.8) is 0 Å². The van der Waals surface area contributed by atoms with Crippen molar-refractivity contribution in [2.45, 2.75) is 109 Å². The van der Waals surface area contributed by atoms with Crippen molar-refractivity contribution in [2.75, 3.05) is 39.3 Å². The summed E-state index contributed by atoms with van der Waals surface area (Å²) in [6.45, 7) is 10.2. The fourth-order valence-corrected chi connectivity index (χ4v) is 9.93. The van der Waals surface area contributed by atoms with E-state index in [1.54, 1.807) is 21.3 Å². The Morgan fingerprint density at radius 3 is 1.70 bits per heavy atom. The molecule has 4 aromatic heterocycles. The van der Waals surface area contributed by atoms with E-state index < -0.39 is 20.8 Å². The number of hydrogen-bond acceptors (Lipinski definition) is 13. The van der Waals surface area contributed by atoms with Crippen LogP contribution in [0.2, 0.25) is 0 Å². The number of likely N-dealkylation sites (tertiary alicyclic amines) is 2. The maximum absolute atomic E-state index is 13.4. The molecule has 15 nitrogen and oxygen atoms in total. The number of oxime groups is 1. The van der Waals surface area contributed by atoms with Crippen molar-refractivity contribution in [1.29, 1.82) is 0 Å². The molecule has 357 valence electrons. The number of halogens is 5. The van der Waals surface area contributed by atoms with Crippen LogP contribution < -0.4 is 11.1 Å². The third-order valence-corrected chi connectivity index (χ3v) is 13.5. The maximum atomic E-state index is 13.4. The number of hydrogen-bond donors (Lipinski definition) is 2. The number of rotatable bonds is 8. The summed E-state index contributed by atoms with van der Waals surface area (Å²) in [6.07, 6.45) is 7.30. The van der Waals surface area contributed by atoms with E-state index in [2.05, 4.69) is 35.2 Å². The van der Waals surface area contributed by atoms with Gasteiger partial charge in [0.1, 0.15) is 29.3 Å². The summed E-state index contributed by atoms with van der Waals surface area (Å²) in [5.74, 6) is 0.942. The molecule has 2 N–H and O–H groups in total. The number of piperidine rings is 2. The normalized spacial score (nSPS) is 18.9. The van der Waals surface area contributed by atoms with Crippen molar-refractivity contribution in [3.05, 3.63) is 114 Å². The van der Waals surface area contributed by atoms with Gasteiger partial charge in [-0.25, -0.2) is 18.7 Å². The number of benzene rings is 2. The van der Waals surface area contributed by atoms with E-state index in [9.17, 15) is 28.7 Å². The Morgan fingerprint density at radius 2 is 1.19 bits per heavy atom. The minimum absolute atomic E-state index is 0.00237. The molecule has 1 atom stereocenters. The Bertz CT molecular complexity index is 2860. The zero-order chi connectivity index (χ0) is 47.4. The molecule has 0 amide bonds. The molecule has 6 aromatic rings. The van der Waals surface area contributed by atoms with Gasteiger partial charge in [0.05, 0.1) is 11.4 Å². The molecule has 1 unspecified atom stereocenters. The van der Waals surface area contributed by atoms with Crippen LogP contribution in [0.4, 0.5) is 8.78 Å². The number of aliphatic hydroxyl groups excluding tert-OH is 1. The third kappa shape index (κ3) is 11.4. The van der Waals surface area contributed by atoms with Gasteiger partial charge in [-0.3, -0.25) is 18.7 Å². The first kappa shape index (κ1) is 49.4. The predicted molar refractivity (Wildman–Crippen MR) is 248 cm³/mol. The predicted octanol–water partition coefficient (Wildman–Crippen LogP) is 8.37. The van der Waals surface area contributed by atoms with E-state index in [1.807, 2.05) is 13.8 Å². The first-order valence-corrected chi connectivity index (χ1v) is 29.2. The molecule has 0 radical (unpaired) electrons. The number of aromatic nitrogens is 6. The Morgan fingerprint density at radius 1 is 0.716 bits per heavy atom. The molecule has 4 aliphatic rings. The Balaban J connectivity index is 0.000000168. The SMILES string of the molecule is Cc1nc2n(c(=O)c1CCN1CCC(c3noc4cc(F)ccc34)CC1)CCC/C2=N/O.Cc1nc2n(c(=O)c1CCN1CCC(c3noc4cc(F)ccc34)CC1)CCCC2O.[Cl][Ti]([Cl])[Cl]. The Hall–Kier alpha value is -4.07. The molecule has 0 spiro atoms. The van der Waals surface area contributed by atoms with Gasteiger partial charge in [-0.2, -0.15) is 0 Å².